The molecule has 0 aliphatic rings. The largest absolute Gasteiger partial charge is 0.326 e. The van der Waals surface area contributed by atoms with Crippen molar-refractivity contribution in [3.05, 3.63) is 34.9 Å². The predicted octanol–water partition coefficient (Wildman–Crippen LogP) is 2.97. The topological polar surface area (TPSA) is 26.0 Å². The fourth-order valence-electron chi connectivity index (χ4n) is 1.69. The Hall–Kier alpha value is -0.820. The smallest absolute Gasteiger partial charge is 0.0183 e. The quantitative estimate of drug-likeness (QED) is 0.754. The molecule has 0 aliphatic carbocycles. The first kappa shape index (κ1) is 10.3. The molecule has 1 unspecified atom stereocenters. The lowest BCUT2D eigenvalue weighted by molar-refractivity contribution is 0.720. The lowest BCUT2D eigenvalue weighted by atomic mass is 9.91. The van der Waals surface area contributed by atoms with Gasteiger partial charge in [-0.2, -0.15) is 0 Å². The average Bonchev–Trinajstić information content (AvgIpc) is 2.16. The molecule has 13 heavy (non-hydrogen) atoms. The molecule has 72 valence electrons. The van der Waals surface area contributed by atoms with Crippen molar-refractivity contribution in [3.8, 4) is 0 Å². The van der Waals surface area contributed by atoms with Crippen LogP contribution >= 0.6 is 0 Å². The molecule has 0 saturated heterocycles. The van der Waals surface area contributed by atoms with Gasteiger partial charge < -0.3 is 5.73 Å². The number of hydrogen-bond acceptors (Lipinski definition) is 1. The maximum absolute atomic E-state index is 5.74. The summed E-state index contributed by atoms with van der Waals surface area (Å²) in [4.78, 5) is 0. The standard InChI is InChI=1S/C12H19N/c1-4-9(2)11-7-5-6-10(3)12(11)8-13/h5-7,9H,4,8,13H2,1-3H3. The number of benzene rings is 1. The number of hydrogen-bond donors (Lipinski definition) is 1. The Labute approximate surface area is 81.0 Å². The van der Waals surface area contributed by atoms with Crippen molar-refractivity contribution in [2.45, 2.75) is 39.7 Å². The zero-order chi connectivity index (χ0) is 9.84. The van der Waals surface area contributed by atoms with Crippen LogP contribution in [0.5, 0.6) is 0 Å². The molecular weight excluding hydrogens is 158 g/mol. The van der Waals surface area contributed by atoms with E-state index < -0.39 is 0 Å². The summed E-state index contributed by atoms with van der Waals surface area (Å²) in [6, 6.07) is 6.45. The Morgan fingerprint density at radius 1 is 1.38 bits per heavy atom. The lowest BCUT2D eigenvalue weighted by Gasteiger charge is -2.15. The summed E-state index contributed by atoms with van der Waals surface area (Å²) in [6.45, 7) is 7.27. The fraction of sp³-hybridized carbons (Fsp3) is 0.500. The van der Waals surface area contributed by atoms with E-state index in [2.05, 4.69) is 39.0 Å². The summed E-state index contributed by atoms with van der Waals surface area (Å²) in [6.07, 6.45) is 1.18. The van der Waals surface area contributed by atoms with Crippen LogP contribution in [0.3, 0.4) is 0 Å². The van der Waals surface area contributed by atoms with Crippen LogP contribution in [0, 0.1) is 6.92 Å². The van der Waals surface area contributed by atoms with Crippen LogP contribution in [0.25, 0.3) is 0 Å². The van der Waals surface area contributed by atoms with Gasteiger partial charge in [-0.15, -0.1) is 0 Å². The molecule has 1 atom stereocenters. The highest BCUT2D eigenvalue weighted by Gasteiger charge is 2.08. The zero-order valence-electron chi connectivity index (χ0n) is 8.80. The molecule has 0 amide bonds. The molecule has 0 saturated carbocycles. The first-order valence-electron chi connectivity index (χ1n) is 4.99. The molecule has 1 heteroatoms. The van der Waals surface area contributed by atoms with Gasteiger partial charge >= 0.3 is 0 Å². The maximum atomic E-state index is 5.74. The van der Waals surface area contributed by atoms with Crippen molar-refractivity contribution < 1.29 is 0 Å². The molecule has 1 nitrogen and oxygen atoms in total. The van der Waals surface area contributed by atoms with Crippen molar-refractivity contribution in [1.82, 2.24) is 0 Å². The summed E-state index contributed by atoms with van der Waals surface area (Å²) >= 11 is 0. The van der Waals surface area contributed by atoms with Crippen molar-refractivity contribution >= 4 is 0 Å². The Balaban J connectivity index is 3.12. The summed E-state index contributed by atoms with van der Waals surface area (Å²) in [5, 5.41) is 0. The van der Waals surface area contributed by atoms with Crippen molar-refractivity contribution in [2.24, 2.45) is 5.73 Å². The molecule has 0 aromatic heterocycles. The molecular formula is C12H19N. The first-order valence-corrected chi connectivity index (χ1v) is 4.99. The Kier molecular flexibility index (Phi) is 3.49. The van der Waals surface area contributed by atoms with Crippen molar-refractivity contribution in [3.63, 3.8) is 0 Å². The van der Waals surface area contributed by atoms with E-state index in [0.29, 0.717) is 12.5 Å². The normalized spacial score (nSPS) is 12.9. The van der Waals surface area contributed by atoms with E-state index in [1.165, 1.54) is 23.1 Å². The third-order valence-electron chi connectivity index (χ3n) is 2.79. The van der Waals surface area contributed by atoms with Gasteiger partial charge in [0.05, 0.1) is 0 Å². The molecule has 1 aromatic rings. The van der Waals surface area contributed by atoms with Gasteiger partial charge in [0.2, 0.25) is 0 Å². The SMILES string of the molecule is CCC(C)c1cccc(C)c1CN. The Morgan fingerprint density at radius 3 is 2.62 bits per heavy atom. The van der Waals surface area contributed by atoms with E-state index in [0.717, 1.165) is 0 Å². The minimum atomic E-state index is 0.624. The van der Waals surface area contributed by atoms with Crippen LogP contribution in [0.1, 0.15) is 42.9 Å². The van der Waals surface area contributed by atoms with Crippen LogP contribution < -0.4 is 5.73 Å². The van der Waals surface area contributed by atoms with E-state index in [4.69, 9.17) is 5.73 Å². The molecule has 0 heterocycles. The third kappa shape index (κ3) is 2.10. The zero-order valence-corrected chi connectivity index (χ0v) is 8.80. The van der Waals surface area contributed by atoms with Gasteiger partial charge in [0.1, 0.15) is 0 Å². The second-order valence-corrected chi connectivity index (χ2v) is 3.66. The van der Waals surface area contributed by atoms with Crippen LogP contribution in [0.2, 0.25) is 0 Å². The first-order chi connectivity index (χ1) is 6.20. The highest BCUT2D eigenvalue weighted by molar-refractivity contribution is 5.36. The van der Waals surface area contributed by atoms with E-state index in [1.807, 2.05) is 0 Å². The molecule has 1 rings (SSSR count). The van der Waals surface area contributed by atoms with E-state index in [-0.39, 0.29) is 0 Å². The molecule has 1 aromatic carbocycles. The van der Waals surface area contributed by atoms with Gasteiger partial charge in [0, 0.05) is 6.54 Å². The van der Waals surface area contributed by atoms with Gasteiger partial charge in [0.15, 0.2) is 0 Å². The van der Waals surface area contributed by atoms with Crippen LogP contribution in [0.4, 0.5) is 0 Å². The van der Waals surface area contributed by atoms with Crippen molar-refractivity contribution in [1.29, 1.82) is 0 Å². The molecule has 0 radical (unpaired) electrons. The minimum Gasteiger partial charge on any atom is -0.326 e. The van der Waals surface area contributed by atoms with Gasteiger partial charge in [-0.05, 0) is 36.0 Å². The second-order valence-electron chi connectivity index (χ2n) is 3.66. The molecule has 0 fully saturated rings. The van der Waals surface area contributed by atoms with Crippen LogP contribution in [-0.2, 0) is 6.54 Å². The second kappa shape index (κ2) is 4.43. The van der Waals surface area contributed by atoms with E-state index >= 15 is 0 Å². The van der Waals surface area contributed by atoms with Crippen LogP contribution in [0.15, 0.2) is 18.2 Å². The molecule has 2 N–H and O–H groups in total. The number of nitrogens with two attached hydrogens (primary N) is 1. The van der Waals surface area contributed by atoms with Gasteiger partial charge in [-0.1, -0.05) is 32.0 Å². The summed E-state index contributed by atoms with van der Waals surface area (Å²) in [5.41, 5.74) is 9.82. The monoisotopic (exact) mass is 177 g/mol. The molecule has 0 bridgehead atoms. The lowest BCUT2D eigenvalue weighted by Crippen LogP contribution is -2.06. The Bertz CT molecular complexity index is 278. The van der Waals surface area contributed by atoms with Crippen LogP contribution in [-0.4, -0.2) is 0 Å². The van der Waals surface area contributed by atoms with Crippen molar-refractivity contribution in [2.75, 3.05) is 0 Å². The third-order valence-corrected chi connectivity index (χ3v) is 2.79. The summed E-state index contributed by atoms with van der Waals surface area (Å²) in [7, 11) is 0. The summed E-state index contributed by atoms with van der Waals surface area (Å²) in [5.74, 6) is 0.624. The maximum Gasteiger partial charge on any atom is 0.0183 e. The van der Waals surface area contributed by atoms with Gasteiger partial charge in [-0.3, -0.25) is 0 Å². The Morgan fingerprint density at radius 2 is 2.08 bits per heavy atom. The number of rotatable bonds is 3. The molecule has 0 aliphatic heterocycles. The average molecular weight is 177 g/mol. The van der Waals surface area contributed by atoms with E-state index in [9.17, 15) is 0 Å². The molecule has 0 spiro atoms. The highest BCUT2D eigenvalue weighted by Crippen LogP contribution is 2.24. The fourth-order valence-corrected chi connectivity index (χ4v) is 1.69. The van der Waals surface area contributed by atoms with E-state index in [1.54, 1.807) is 0 Å². The highest BCUT2D eigenvalue weighted by atomic mass is 14.5. The number of aryl methyl sites for hydroxylation is 1. The summed E-state index contributed by atoms with van der Waals surface area (Å²) < 4.78 is 0. The van der Waals surface area contributed by atoms with Gasteiger partial charge in [0.25, 0.3) is 0 Å². The van der Waals surface area contributed by atoms with Gasteiger partial charge in [-0.25, -0.2) is 0 Å². The minimum absolute atomic E-state index is 0.624. The predicted molar refractivity (Wildman–Crippen MR) is 57.8 cm³/mol.